The number of rotatable bonds is 2. The van der Waals surface area contributed by atoms with Crippen molar-refractivity contribution in [3.05, 3.63) is 28.2 Å². The number of halogens is 9. The highest BCUT2D eigenvalue weighted by molar-refractivity contribution is 8.00. The van der Waals surface area contributed by atoms with Gasteiger partial charge in [-0.3, -0.25) is 0 Å². The van der Waals surface area contributed by atoms with E-state index in [1.807, 2.05) is 0 Å². The Kier molecular flexibility index (Phi) is 4.59. The number of benzene rings is 1. The second-order valence-electron chi connectivity index (χ2n) is 3.30. The van der Waals surface area contributed by atoms with Crippen molar-refractivity contribution in [1.82, 2.24) is 0 Å². The van der Waals surface area contributed by atoms with Gasteiger partial charge in [-0.1, -0.05) is 35.0 Å². The highest BCUT2D eigenvalue weighted by atomic mass is 35.5. The van der Waals surface area contributed by atoms with Crippen LogP contribution in [0.2, 0.25) is 10.0 Å². The van der Waals surface area contributed by atoms with Crippen LogP contribution in [0.1, 0.15) is 0 Å². The molecule has 0 nitrogen and oxygen atoms in total. The Bertz CT molecular complexity index is 434. The first-order chi connectivity index (χ1) is 8.37. The summed E-state index contributed by atoms with van der Waals surface area (Å²) < 4.78 is 87.2. The summed E-state index contributed by atoms with van der Waals surface area (Å²) in [5.41, 5.74) is 0. The van der Waals surface area contributed by atoms with E-state index in [2.05, 4.69) is 0 Å². The Labute approximate surface area is 116 Å². The van der Waals surface area contributed by atoms with E-state index in [1.54, 1.807) is 0 Å². The molecule has 0 unspecified atom stereocenters. The molecule has 0 bridgehead atoms. The van der Waals surface area contributed by atoms with E-state index in [-0.39, 0.29) is 10.0 Å². The number of hydrogen-bond donors (Lipinski definition) is 0. The van der Waals surface area contributed by atoms with Crippen molar-refractivity contribution < 1.29 is 30.7 Å². The molecule has 0 saturated heterocycles. The SMILES string of the molecule is FC(F)(F)C(F)(Sc1cc(Cl)cc(Cl)c1)C(F)(F)F. The lowest BCUT2D eigenvalue weighted by Crippen LogP contribution is -2.50. The zero-order chi connectivity index (χ0) is 15.1. The molecule has 108 valence electrons. The molecule has 0 heterocycles. The largest absolute Gasteiger partial charge is 0.441 e. The molecule has 0 aliphatic rings. The van der Waals surface area contributed by atoms with Crippen LogP contribution in [0.5, 0.6) is 0 Å². The van der Waals surface area contributed by atoms with Crippen molar-refractivity contribution in [2.45, 2.75) is 22.2 Å². The van der Waals surface area contributed by atoms with Crippen molar-refractivity contribution in [1.29, 1.82) is 0 Å². The summed E-state index contributed by atoms with van der Waals surface area (Å²) in [4.78, 5) is -0.686. The topological polar surface area (TPSA) is 0 Å². The minimum absolute atomic E-state index is 0.207. The smallest absolute Gasteiger partial charge is 0.211 e. The third-order valence-corrected chi connectivity index (χ3v) is 3.48. The molecular formula is C9H3Cl2F7S. The second-order valence-corrected chi connectivity index (χ2v) is 5.41. The average Bonchev–Trinajstić information content (AvgIpc) is 2.11. The van der Waals surface area contributed by atoms with Gasteiger partial charge in [-0.05, 0) is 18.2 Å². The average molecular weight is 347 g/mol. The van der Waals surface area contributed by atoms with Gasteiger partial charge in [0.05, 0.1) is 0 Å². The van der Waals surface area contributed by atoms with Crippen LogP contribution in [-0.4, -0.2) is 17.4 Å². The Balaban J connectivity index is 3.23. The maximum Gasteiger partial charge on any atom is 0.441 e. The second kappa shape index (κ2) is 5.21. The van der Waals surface area contributed by atoms with Crippen molar-refractivity contribution in [3.8, 4) is 0 Å². The van der Waals surface area contributed by atoms with Gasteiger partial charge in [0.2, 0.25) is 0 Å². The Morgan fingerprint density at radius 2 is 1.11 bits per heavy atom. The lowest BCUT2D eigenvalue weighted by Gasteiger charge is -2.29. The third kappa shape index (κ3) is 3.61. The van der Waals surface area contributed by atoms with Gasteiger partial charge < -0.3 is 0 Å². The maximum absolute atomic E-state index is 13.4. The molecule has 0 aliphatic carbocycles. The van der Waals surface area contributed by atoms with Crippen LogP contribution in [0.3, 0.4) is 0 Å². The van der Waals surface area contributed by atoms with Crippen molar-refractivity contribution in [2.24, 2.45) is 0 Å². The van der Waals surface area contributed by atoms with Gasteiger partial charge in [0.1, 0.15) is 0 Å². The molecule has 1 rings (SSSR count). The molecule has 0 spiro atoms. The van der Waals surface area contributed by atoms with Gasteiger partial charge in [-0.25, -0.2) is 4.39 Å². The summed E-state index contributed by atoms with van der Waals surface area (Å²) in [6, 6.07) is 2.60. The van der Waals surface area contributed by atoms with E-state index >= 15 is 0 Å². The van der Waals surface area contributed by atoms with Crippen LogP contribution >= 0.6 is 35.0 Å². The van der Waals surface area contributed by atoms with E-state index in [0.717, 1.165) is 18.2 Å². The molecule has 0 radical (unpaired) electrons. The summed E-state index contributed by atoms with van der Waals surface area (Å²) in [6.07, 6.45) is -12.3. The molecule has 1 aromatic rings. The van der Waals surface area contributed by atoms with E-state index in [9.17, 15) is 30.7 Å². The molecule has 0 aromatic heterocycles. The zero-order valence-corrected chi connectivity index (χ0v) is 10.9. The van der Waals surface area contributed by atoms with Crippen molar-refractivity contribution >= 4 is 35.0 Å². The Hall–Kier alpha value is -0.340. The number of hydrogen-bond acceptors (Lipinski definition) is 1. The van der Waals surface area contributed by atoms with E-state index in [0.29, 0.717) is 0 Å². The predicted octanol–water partition coefficient (Wildman–Crippen LogP) is 5.88. The molecule has 0 aliphatic heterocycles. The Morgan fingerprint density at radius 3 is 1.42 bits per heavy atom. The van der Waals surface area contributed by atoms with E-state index in [4.69, 9.17) is 23.2 Å². The molecule has 10 heteroatoms. The third-order valence-electron chi connectivity index (χ3n) is 1.82. The fraction of sp³-hybridized carbons (Fsp3) is 0.333. The minimum atomic E-state index is -6.13. The van der Waals surface area contributed by atoms with Crippen molar-refractivity contribution in [3.63, 3.8) is 0 Å². The first-order valence-electron chi connectivity index (χ1n) is 4.34. The molecule has 0 saturated carbocycles. The van der Waals surface area contributed by atoms with Gasteiger partial charge in [0, 0.05) is 14.9 Å². The van der Waals surface area contributed by atoms with Crippen LogP contribution < -0.4 is 0 Å². The van der Waals surface area contributed by atoms with Crippen LogP contribution in [0, 0.1) is 0 Å². The first-order valence-corrected chi connectivity index (χ1v) is 5.91. The number of thioether (sulfide) groups is 1. The standard InChI is InChI=1S/C9H3Cl2F7S/c10-4-1-5(11)3-6(2-4)19-7(12,8(13,14)15)9(16,17)18/h1-3H. The molecule has 1 aromatic carbocycles. The minimum Gasteiger partial charge on any atom is -0.211 e. The van der Waals surface area contributed by atoms with Gasteiger partial charge in [0.25, 0.3) is 0 Å². The number of alkyl halides is 7. The fourth-order valence-corrected chi connectivity index (χ4v) is 2.61. The van der Waals surface area contributed by atoms with Crippen molar-refractivity contribution in [2.75, 3.05) is 0 Å². The van der Waals surface area contributed by atoms with Gasteiger partial charge in [0.15, 0.2) is 0 Å². The molecule has 0 amide bonds. The molecule has 0 N–H and O–H groups in total. The summed E-state index contributed by atoms with van der Waals surface area (Å²) in [6.45, 7) is 0. The van der Waals surface area contributed by atoms with Crippen LogP contribution in [0.15, 0.2) is 23.1 Å². The van der Waals surface area contributed by atoms with Crippen LogP contribution in [0.4, 0.5) is 30.7 Å². The van der Waals surface area contributed by atoms with Crippen LogP contribution in [-0.2, 0) is 0 Å². The highest BCUT2D eigenvalue weighted by Crippen LogP contribution is 2.55. The lowest BCUT2D eigenvalue weighted by molar-refractivity contribution is -0.302. The predicted molar refractivity (Wildman–Crippen MR) is 58.3 cm³/mol. The summed E-state index contributed by atoms with van der Waals surface area (Å²) in [5, 5.41) is -5.85. The van der Waals surface area contributed by atoms with Gasteiger partial charge >= 0.3 is 17.4 Å². The lowest BCUT2D eigenvalue weighted by atomic mass is 10.3. The zero-order valence-electron chi connectivity index (χ0n) is 8.54. The molecule has 19 heavy (non-hydrogen) atoms. The monoisotopic (exact) mass is 346 g/mol. The molecule has 0 fully saturated rings. The summed E-state index contributed by atoms with van der Waals surface area (Å²) >= 11 is 9.80. The summed E-state index contributed by atoms with van der Waals surface area (Å²) in [7, 11) is 0. The van der Waals surface area contributed by atoms with Gasteiger partial charge in [-0.2, -0.15) is 26.3 Å². The molecule has 0 atom stereocenters. The highest BCUT2D eigenvalue weighted by Gasteiger charge is 2.73. The van der Waals surface area contributed by atoms with Crippen LogP contribution in [0.25, 0.3) is 0 Å². The van der Waals surface area contributed by atoms with E-state index < -0.39 is 34.0 Å². The quantitative estimate of drug-likeness (QED) is 0.476. The van der Waals surface area contributed by atoms with E-state index in [1.165, 1.54) is 0 Å². The summed E-state index contributed by atoms with van der Waals surface area (Å²) in [5.74, 6) is 0. The maximum atomic E-state index is 13.4. The Morgan fingerprint density at radius 1 is 0.737 bits per heavy atom. The molecular weight excluding hydrogens is 344 g/mol. The fourth-order valence-electron chi connectivity index (χ4n) is 1.03. The normalized spacial score (nSPS) is 13.7. The first kappa shape index (κ1) is 16.7. The van der Waals surface area contributed by atoms with Gasteiger partial charge in [-0.15, -0.1) is 0 Å².